The van der Waals surface area contributed by atoms with Crippen molar-refractivity contribution >= 4 is 22.1 Å². The molecule has 9 nitrogen and oxygen atoms in total. The van der Waals surface area contributed by atoms with E-state index in [2.05, 4.69) is 27.7 Å². The maximum absolute atomic E-state index is 10.2. The maximum atomic E-state index is 10.2. The molecule has 0 rings (SSSR count). The molecule has 0 fully saturated rings. The lowest BCUT2D eigenvalue weighted by Gasteiger charge is -2.09. The average molecular weight is 457 g/mol. The van der Waals surface area contributed by atoms with Crippen LogP contribution in [0.2, 0.25) is 0 Å². The van der Waals surface area contributed by atoms with Gasteiger partial charge in [-0.1, -0.05) is 66.2 Å². The molecule has 10 heteroatoms. The molecular formula is C20H44N2O7S. The van der Waals surface area contributed by atoms with Gasteiger partial charge in [-0.2, -0.15) is 8.42 Å². The fourth-order valence-corrected chi connectivity index (χ4v) is 3.05. The summed E-state index contributed by atoms with van der Waals surface area (Å²) in [4.78, 5) is 20.0. The van der Waals surface area contributed by atoms with Crippen LogP contribution < -0.4 is 11.5 Å². The molecule has 0 saturated carbocycles. The van der Waals surface area contributed by atoms with Gasteiger partial charge in [-0.15, -0.1) is 0 Å². The summed E-state index contributed by atoms with van der Waals surface area (Å²) in [5.74, 6) is -1.94. The third-order valence-corrected chi connectivity index (χ3v) is 5.84. The lowest BCUT2D eigenvalue weighted by molar-refractivity contribution is -0.143. The van der Waals surface area contributed by atoms with Crippen LogP contribution >= 0.6 is 0 Å². The van der Waals surface area contributed by atoms with Crippen LogP contribution in [0.3, 0.4) is 0 Å². The van der Waals surface area contributed by atoms with E-state index in [4.69, 9.17) is 26.2 Å². The topological polar surface area (TPSA) is 181 Å². The summed E-state index contributed by atoms with van der Waals surface area (Å²) in [7, 11) is -4.84. The standard InChI is InChI=1S/2C8H19N.C4H6O7S/c2*1-3-5-6-8(4-2)7-9;5-3(6)1-2(4(7)8)12(9,10)11/h2*8H,3-7,9H2,1-2H3;2H,1H2,(H,5,6)(H,7,8)(H,9,10,11). The number of carboxylic acids is 2. The smallest absolute Gasteiger partial charge is 0.325 e. The fourth-order valence-electron chi connectivity index (χ4n) is 2.44. The molecule has 0 aromatic carbocycles. The second kappa shape index (κ2) is 21.0. The van der Waals surface area contributed by atoms with Crippen LogP contribution in [-0.4, -0.2) is 53.5 Å². The van der Waals surface area contributed by atoms with Gasteiger partial charge in [0.05, 0.1) is 6.42 Å². The van der Waals surface area contributed by atoms with E-state index in [1.807, 2.05) is 0 Å². The van der Waals surface area contributed by atoms with Crippen LogP contribution in [0.1, 0.15) is 85.5 Å². The molecule has 0 spiro atoms. The quantitative estimate of drug-likeness (QED) is 0.245. The number of hydrogen-bond acceptors (Lipinski definition) is 6. The van der Waals surface area contributed by atoms with Crippen molar-refractivity contribution < 1.29 is 32.8 Å². The van der Waals surface area contributed by atoms with Crippen molar-refractivity contribution in [1.29, 1.82) is 0 Å². The van der Waals surface area contributed by atoms with Crippen molar-refractivity contribution in [3.63, 3.8) is 0 Å². The molecule has 7 N–H and O–H groups in total. The number of unbranched alkanes of at least 4 members (excludes halogenated alkanes) is 2. The highest BCUT2D eigenvalue weighted by Crippen LogP contribution is 2.10. The Morgan fingerprint density at radius 3 is 1.33 bits per heavy atom. The minimum absolute atomic E-state index is 0.782. The average Bonchev–Trinajstić information content (AvgIpc) is 2.68. The highest BCUT2D eigenvalue weighted by Gasteiger charge is 2.33. The van der Waals surface area contributed by atoms with E-state index in [9.17, 15) is 18.0 Å². The van der Waals surface area contributed by atoms with Gasteiger partial charge >= 0.3 is 11.9 Å². The molecule has 30 heavy (non-hydrogen) atoms. The molecule has 0 radical (unpaired) electrons. The Bertz CT molecular complexity index is 503. The lowest BCUT2D eigenvalue weighted by Crippen LogP contribution is -2.31. The van der Waals surface area contributed by atoms with Gasteiger partial charge in [0, 0.05) is 0 Å². The first-order chi connectivity index (χ1) is 13.9. The van der Waals surface area contributed by atoms with E-state index < -0.39 is 33.7 Å². The Kier molecular flexibility index (Phi) is 23.4. The highest BCUT2D eigenvalue weighted by molar-refractivity contribution is 7.87. The Labute approximate surface area is 182 Å². The van der Waals surface area contributed by atoms with Gasteiger partial charge in [-0.05, 0) is 37.8 Å². The number of hydrogen-bond donors (Lipinski definition) is 5. The summed E-state index contributed by atoms with van der Waals surface area (Å²) in [5.41, 5.74) is 11.0. The number of carbonyl (C=O) groups is 2. The molecule has 3 atom stereocenters. The molecule has 182 valence electrons. The van der Waals surface area contributed by atoms with Crippen molar-refractivity contribution in [3.8, 4) is 0 Å². The SMILES string of the molecule is CCCCC(CC)CN.CCCCC(CC)CN.O=C(O)CC(C(=O)O)S(=O)(=O)O. The van der Waals surface area contributed by atoms with E-state index in [-0.39, 0.29) is 0 Å². The summed E-state index contributed by atoms with van der Waals surface area (Å²) < 4.78 is 28.7. The van der Waals surface area contributed by atoms with Gasteiger partial charge in [0.25, 0.3) is 10.1 Å². The normalized spacial score (nSPS) is 13.7. The van der Waals surface area contributed by atoms with E-state index >= 15 is 0 Å². The number of nitrogens with two attached hydrogens (primary N) is 2. The molecule has 0 aliphatic heterocycles. The minimum Gasteiger partial charge on any atom is -0.481 e. The molecule has 0 bridgehead atoms. The second-order valence-electron chi connectivity index (χ2n) is 7.24. The first-order valence-corrected chi connectivity index (χ1v) is 12.3. The molecule has 0 heterocycles. The first-order valence-electron chi connectivity index (χ1n) is 10.8. The van der Waals surface area contributed by atoms with E-state index in [0.29, 0.717) is 0 Å². The molecule has 0 saturated heterocycles. The van der Waals surface area contributed by atoms with Gasteiger partial charge in [0.1, 0.15) is 0 Å². The van der Waals surface area contributed by atoms with Gasteiger partial charge in [0.2, 0.25) is 0 Å². The summed E-state index contributed by atoms with van der Waals surface area (Å²) in [6.07, 6.45) is 9.27. The minimum atomic E-state index is -4.84. The predicted octanol–water partition coefficient (Wildman–Crippen LogP) is 3.13. The van der Waals surface area contributed by atoms with Crippen molar-refractivity contribution in [2.45, 2.75) is 90.7 Å². The third-order valence-electron chi connectivity index (χ3n) is 4.75. The zero-order chi connectivity index (χ0) is 24.2. The largest absolute Gasteiger partial charge is 0.481 e. The summed E-state index contributed by atoms with van der Waals surface area (Å²) >= 11 is 0. The highest BCUT2D eigenvalue weighted by atomic mass is 32.2. The molecule has 3 unspecified atom stereocenters. The number of rotatable bonds is 14. The molecule has 0 aromatic rings. The zero-order valence-corrected chi connectivity index (χ0v) is 19.9. The number of aliphatic carboxylic acids is 2. The monoisotopic (exact) mass is 456 g/mol. The predicted molar refractivity (Wildman–Crippen MR) is 120 cm³/mol. The molecule has 0 aliphatic rings. The summed E-state index contributed by atoms with van der Waals surface area (Å²) in [6, 6.07) is 0. The van der Waals surface area contributed by atoms with Crippen LogP contribution in [-0.2, 0) is 19.7 Å². The Balaban J connectivity index is -0.000000371. The van der Waals surface area contributed by atoms with Crippen LogP contribution in [0.15, 0.2) is 0 Å². The van der Waals surface area contributed by atoms with Crippen LogP contribution in [0.4, 0.5) is 0 Å². The Morgan fingerprint density at radius 2 is 1.20 bits per heavy atom. The first kappa shape index (κ1) is 33.4. The molecular weight excluding hydrogens is 412 g/mol. The second-order valence-corrected chi connectivity index (χ2v) is 8.84. The lowest BCUT2D eigenvalue weighted by atomic mass is 10.00. The third kappa shape index (κ3) is 21.5. The Morgan fingerprint density at radius 1 is 0.833 bits per heavy atom. The fraction of sp³-hybridized carbons (Fsp3) is 0.900. The van der Waals surface area contributed by atoms with E-state index in [1.165, 1.54) is 51.4 Å². The number of carboxylic acid groups (broad SMARTS) is 2. The van der Waals surface area contributed by atoms with Crippen LogP contribution in [0.25, 0.3) is 0 Å². The van der Waals surface area contributed by atoms with Crippen molar-refractivity contribution in [2.24, 2.45) is 23.3 Å². The summed E-state index contributed by atoms with van der Waals surface area (Å²) in [5, 5.41) is 13.9. The van der Waals surface area contributed by atoms with Gasteiger partial charge in [0.15, 0.2) is 5.25 Å². The zero-order valence-electron chi connectivity index (χ0n) is 19.0. The summed E-state index contributed by atoms with van der Waals surface area (Å²) in [6.45, 7) is 10.6. The van der Waals surface area contributed by atoms with Crippen molar-refractivity contribution in [1.82, 2.24) is 0 Å². The van der Waals surface area contributed by atoms with E-state index in [1.54, 1.807) is 0 Å². The van der Waals surface area contributed by atoms with Crippen molar-refractivity contribution in [3.05, 3.63) is 0 Å². The van der Waals surface area contributed by atoms with Crippen LogP contribution in [0, 0.1) is 11.8 Å². The molecule has 0 aliphatic carbocycles. The molecule has 0 aromatic heterocycles. The van der Waals surface area contributed by atoms with Gasteiger partial charge < -0.3 is 21.7 Å². The van der Waals surface area contributed by atoms with Crippen molar-refractivity contribution in [2.75, 3.05) is 13.1 Å². The van der Waals surface area contributed by atoms with Gasteiger partial charge in [-0.3, -0.25) is 14.1 Å². The Hall–Kier alpha value is -1.23. The molecule has 0 amide bonds. The van der Waals surface area contributed by atoms with Gasteiger partial charge in [-0.25, -0.2) is 0 Å². The van der Waals surface area contributed by atoms with Crippen LogP contribution in [0.5, 0.6) is 0 Å². The maximum Gasteiger partial charge on any atom is 0.325 e. The van der Waals surface area contributed by atoms with E-state index in [0.717, 1.165) is 24.9 Å².